The highest BCUT2D eigenvalue weighted by molar-refractivity contribution is 7.88. The van der Waals surface area contributed by atoms with E-state index in [1.165, 1.54) is 6.07 Å². The van der Waals surface area contributed by atoms with E-state index in [-0.39, 0.29) is 23.0 Å². The lowest BCUT2D eigenvalue weighted by Crippen LogP contribution is -2.28. The quantitative estimate of drug-likeness (QED) is 0.0943. The molecule has 0 atom stereocenters. The molecule has 0 amide bonds. The van der Waals surface area contributed by atoms with Gasteiger partial charge in [-0.25, -0.2) is 15.0 Å². The molecule has 0 bridgehead atoms. The fourth-order valence-corrected chi connectivity index (χ4v) is 7.90. The summed E-state index contributed by atoms with van der Waals surface area (Å²) in [5, 5.41) is 6.15. The molecule has 0 spiro atoms. The number of furan rings is 1. The van der Waals surface area contributed by atoms with Gasteiger partial charge in [-0.2, -0.15) is 21.6 Å². The maximum absolute atomic E-state index is 14.0. The van der Waals surface area contributed by atoms with Crippen LogP contribution in [0.15, 0.2) is 162 Å². The van der Waals surface area contributed by atoms with Crippen LogP contribution in [-0.2, 0) is 10.1 Å². The molecule has 10 aromatic rings. The number of benzene rings is 8. The third-order valence-electron chi connectivity index (χ3n) is 10.1. The van der Waals surface area contributed by atoms with Gasteiger partial charge in [0.05, 0.1) is 5.56 Å². The molecule has 0 aliphatic rings. The van der Waals surface area contributed by atoms with Gasteiger partial charge in [0.15, 0.2) is 23.2 Å². The Morgan fingerprint density at radius 1 is 0.439 bits per heavy atom. The van der Waals surface area contributed by atoms with Crippen LogP contribution in [-0.4, -0.2) is 28.9 Å². The Morgan fingerprint density at radius 2 is 0.947 bits per heavy atom. The normalized spacial score (nSPS) is 12.3. The number of rotatable bonds is 6. The third-order valence-corrected chi connectivity index (χ3v) is 11.0. The number of aromatic nitrogens is 3. The molecule has 0 fully saturated rings. The van der Waals surface area contributed by atoms with Gasteiger partial charge in [0.25, 0.3) is 0 Å². The molecule has 0 saturated heterocycles. The summed E-state index contributed by atoms with van der Waals surface area (Å²) in [4.78, 5) is 14.5. The van der Waals surface area contributed by atoms with E-state index >= 15 is 0 Å². The molecule has 10 rings (SSSR count). The van der Waals surface area contributed by atoms with Crippen LogP contribution in [0.2, 0.25) is 0 Å². The highest BCUT2D eigenvalue weighted by atomic mass is 32.2. The number of halogens is 3. The topological polar surface area (TPSA) is 95.2 Å². The minimum Gasteiger partial charge on any atom is -0.456 e. The number of nitrogens with zero attached hydrogens (tertiary/aromatic N) is 3. The minimum atomic E-state index is -6.13. The van der Waals surface area contributed by atoms with Crippen molar-refractivity contribution in [3.05, 3.63) is 158 Å². The van der Waals surface area contributed by atoms with E-state index in [0.29, 0.717) is 38.5 Å². The molecule has 11 heteroatoms. The maximum Gasteiger partial charge on any atom is 0.534 e. The van der Waals surface area contributed by atoms with Crippen LogP contribution < -0.4 is 4.18 Å². The first-order chi connectivity index (χ1) is 27.6. The van der Waals surface area contributed by atoms with Crippen LogP contribution in [0.5, 0.6) is 5.75 Å². The lowest BCUT2D eigenvalue weighted by Gasteiger charge is -2.17. The van der Waals surface area contributed by atoms with Gasteiger partial charge in [-0.1, -0.05) is 121 Å². The predicted molar refractivity (Wildman–Crippen MR) is 217 cm³/mol. The van der Waals surface area contributed by atoms with Crippen LogP contribution in [0.1, 0.15) is 0 Å². The van der Waals surface area contributed by atoms with Crippen molar-refractivity contribution < 1.29 is 30.2 Å². The van der Waals surface area contributed by atoms with Crippen molar-refractivity contribution in [3.8, 4) is 51.0 Å². The van der Waals surface area contributed by atoms with E-state index < -0.39 is 21.4 Å². The Morgan fingerprint density at radius 3 is 1.61 bits per heavy atom. The fourth-order valence-electron chi connectivity index (χ4n) is 7.43. The van der Waals surface area contributed by atoms with Crippen molar-refractivity contribution in [2.45, 2.75) is 5.51 Å². The van der Waals surface area contributed by atoms with Crippen molar-refractivity contribution in [2.75, 3.05) is 0 Å². The minimum absolute atomic E-state index is 0.0790. The van der Waals surface area contributed by atoms with Crippen LogP contribution in [0.25, 0.3) is 99.5 Å². The molecule has 57 heavy (non-hydrogen) atoms. The van der Waals surface area contributed by atoms with Gasteiger partial charge in [0, 0.05) is 21.9 Å². The summed E-state index contributed by atoms with van der Waals surface area (Å²) >= 11 is 0. The molecule has 0 unspecified atom stereocenters. The van der Waals surface area contributed by atoms with Crippen LogP contribution in [0.4, 0.5) is 13.2 Å². The van der Waals surface area contributed by atoms with E-state index in [9.17, 15) is 21.6 Å². The number of alkyl halides is 3. The second kappa shape index (κ2) is 13.0. The number of hydrogen-bond acceptors (Lipinski definition) is 7. The summed E-state index contributed by atoms with van der Waals surface area (Å²) in [6.07, 6.45) is 0. The molecule has 276 valence electrons. The largest absolute Gasteiger partial charge is 0.534 e. The Hall–Kier alpha value is -7.11. The van der Waals surface area contributed by atoms with Gasteiger partial charge in [0.2, 0.25) is 0 Å². The summed E-state index contributed by atoms with van der Waals surface area (Å²) in [5.74, 6) is -0.313. The Balaban J connectivity index is 1.27. The average molecular weight is 774 g/mol. The van der Waals surface area contributed by atoms with Crippen molar-refractivity contribution in [1.82, 2.24) is 15.0 Å². The predicted octanol–water partition coefficient (Wildman–Crippen LogP) is 12.1. The van der Waals surface area contributed by atoms with Crippen molar-refractivity contribution in [3.63, 3.8) is 0 Å². The fraction of sp³-hybridized carbons (Fsp3) is 0.0217. The molecular weight excluding hydrogens is 748 g/mol. The summed E-state index contributed by atoms with van der Waals surface area (Å²) in [6, 6.07) is 48.4. The van der Waals surface area contributed by atoms with Gasteiger partial charge in [-0.05, 0) is 79.8 Å². The second-order valence-corrected chi connectivity index (χ2v) is 15.1. The molecule has 8 aromatic carbocycles. The van der Waals surface area contributed by atoms with Crippen molar-refractivity contribution in [1.29, 1.82) is 0 Å². The molecule has 7 nitrogen and oxygen atoms in total. The smallest absolute Gasteiger partial charge is 0.456 e. The summed E-state index contributed by atoms with van der Waals surface area (Å²) in [7, 11) is -6.13. The lowest BCUT2D eigenvalue weighted by molar-refractivity contribution is -0.0499. The summed E-state index contributed by atoms with van der Waals surface area (Å²) in [6.45, 7) is 0. The number of fused-ring (bicyclic) bond motifs is 9. The van der Waals surface area contributed by atoms with Crippen LogP contribution >= 0.6 is 0 Å². The first kappa shape index (κ1) is 34.4. The van der Waals surface area contributed by atoms with E-state index in [4.69, 9.17) is 23.6 Å². The monoisotopic (exact) mass is 773 g/mol. The first-order valence-electron chi connectivity index (χ1n) is 17.8. The number of hydrogen-bond donors (Lipinski definition) is 0. The molecule has 2 heterocycles. The van der Waals surface area contributed by atoms with E-state index in [2.05, 4.69) is 0 Å². The first-order valence-corrected chi connectivity index (χ1v) is 19.2. The highest BCUT2D eigenvalue weighted by Crippen LogP contribution is 2.43. The van der Waals surface area contributed by atoms with Gasteiger partial charge < -0.3 is 8.60 Å². The molecule has 0 N–H and O–H groups in total. The van der Waals surface area contributed by atoms with Gasteiger partial charge in [-0.3, -0.25) is 0 Å². The third kappa shape index (κ3) is 5.91. The molecule has 0 saturated carbocycles. The van der Waals surface area contributed by atoms with Crippen LogP contribution in [0.3, 0.4) is 0 Å². The zero-order valence-electron chi connectivity index (χ0n) is 29.5. The highest BCUT2D eigenvalue weighted by Gasteiger charge is 2.49. The van der Waals surface area contributed by atoms with Crippen molar-refractivity contribution in [2.24, 2.45) is 0 Å². The summed E-state index contributed by atoms with van der Waals surface area (Å²) in [5.41, 5.74) is -1.56. The van der Waals surface area contributed by atoms with Crippen LogP contribution in [0, 0.1) is 0 Å². The van der Waals surface area contributed by atoms with Gasteiger partial charge in [-0.15, -0.1) is 0 Å². The van der Waals surface area contributed by atoms with E-state index in [1.54, 1.807) is 12.1 Å². The molecule has 0 aliphatic heterocycles. The standard InChI is InChI=1S/C46H26F3N3O4S/c47-46(48,49)57(53,54)56-42-26-38-34-18-7-5-16-32(34)31-15-4-6-17-33(31)37(38)25-39(42)45-51-43(29-14-10-13-28(23-29)27-11-2-1-3-12-27)50-44(52-45)30-21-22-36-35-19-8-9-20-40(35)55-41(36)24-30/h1-26H. The van der Waals surface area contributed by atoms with Gasteiger partial charge in [0.1, 0.15) is 11.2 Å². The zero-order chi connectivity index (χ0) is 38.9. The Labute approximate surface area is 322 Å². The zero-order valence-corrected chi connectivity index (χ0v) is 30.3. The average Bonchev–Trinajstić information content (AvgIpc) is 3.61. The van der Waals surface area contributed by atoms with E-state index in [0.717, 1.165) is 38.1 Å². The summed E-state index contributed by atoms with van der Waals surface area (Å²) < 4.78 is 78.8. The molecule has 2 aromatic heterocycles. The molecule has 0 radical (unpaired) electrons. The lowest BCUT2D eigenvalue weighted by atomic mass is 9.93. The van der Waals surface area contributed by atoms with Crippen molar-refractivity contribution >= 4 is 64.4 Å². The SMILES string of the molecule is O=S(=O)(Oc1cc2c3ccccc3c3ccccc3c2cc1-c1nc(-c2cccc(-c3ccccc3)c2)nc(-c2ccc3c(c2)oc2ccccc23)n1)C(F)(F)F. The number of para-hydroxylation sites is 1. The molecular formula is C46H26F3N3O4S. The van der Waals surface area contributed by atoms with E-state index in [1.807, 2.05) is 140 Å². The second-order valence-electron chi connectivity index (χ2n) is 13.5. The maximum atomic E-state index is 14.0. The Kier molecular flexibility index (Phi) is 7.84. The van der Waals surface area contributed by atoms with Gasteiger partial charge >= 0.3 is 15.6 Å². The molecule has 0 aliphatic carbocycles. The Bertz CT molecular complexity index is 3350.